The van der Waals surface area contributed by atoms with Crippen molar-refractivity contribution in [3.8, 4) is 16.9 Å². The minimum Gasteiger partial charge on any atom is -0.508 e. The molecule has 204 valence electrons. The second-order valence-electron chi connectivity index (χ2n) is 10.6. The Hall–Kier alpha value is -3.93. The number of hydrogen-bond donors (Lipinski definition) is 5. The lowest BCUT2D eigenvalue weighted by Crippen LogP contribution is -2.58. The number of morpholine rings is 1. The highest BCUT2D eigenvalue weighted by molar-refractivity contribution is 6.22. The fraction of sp³-hybridized carbons (Fsp3) is 0.393. The topological polar surface area (TPSA) is 184 Å². The molecule has 0 radical (unpaired) electrons. The zero-order valence-corrected chi connectivity index (χ0v) is 21.0. The molecule has 6 rings (SSSR count). The van der Waals surface area contributed by atoms with Gasteiger partial charge in [-0.1, -0.05) is 0 Å². The summed E-state index contributed by atoms with van der Waals surface area (Å²) in [6.07, 6.45) is 3.01. The standard InChI is InChI=1S/C28H28N2O9/c29-27(36)22-19(31)10-16-7-14-8-18-17(13-1-4-39-12-13)9-15(11-30-2-5-38-6-3-30)23(32)21(18)24(33)20(14)25(34)28(16,37)26(22)35/h1,4,9,12,14,16,32-33,35,37H,2-3,5-8,10-11H2,(H2,29,36)/t14-,16+,28+/m1/s1. The summed E-state index contributed by atoms with van der Waals surface area (Å²) in [5, 5.41) is 45.2. The number of nitrogens with two attached hydrogens (primary N) is 1. The van der Waals surface area contributed by atoms with Gasteiger partial charge < -0.3 is 35.3 Å². The highest BCUT2D eigenvalue weighted by Crippen LogP contribution is 2.53. The van der Waals surface area contributed by atoms with E-state index < -0.39 is 52.0 Å². The maximum Gasteiger partial charge on any atom is 0.255 e. The summed E-state index contributed by atoms with van der Waals surface area (Å²) in [6, 6.07) is 3.62. The number of Topliss-reactive ketones (excluding diaryl/α,β-unsaturated/α-hetero) is 2. The summed E-state index contributed by atoms with van der Waals surface area (Å²) >= 11 is 0. The van der Waals surface area contributed by atoms with Crippen LogP contribution in [0, 0.1) is 11.8 Å². The van der Waals surface area contributed by atoms with Crippen LogP contribution in [0.15, 0.2) is 46.0 Å². The molecule has 2 aromatic rings. The first-order valence-electron chi connectivity index (χ1n) is 12.8. The number of carbonyl (C=O) groups is 3. The molecule has 4 aliphatic rings. The van der Waals surface area contributed by atoms with Gasteiger partial charge in [-0.25, -0.2) is 0 Å². The van der Waals surface area contributed by atoms with Gasteiger partial charge in [0.05, 0.1) is 31.3 Å². The van der Waals surface area contributed by atoms with Gasteiger partial charge in [-0.15, -0.1) is 0 Å². The fourth-order valence-electron chi connectivity index (χ4n) is 6.54. The molecule has 1 amide bonds. The van der Waals surface area contributed by atoms with Gasteiger partial charge in [-0.05, 0) is 42.0 Å². The smallest absolute Gasteiger partial charge is 0.255 e. The first kappa shape index (κ1) is 25.4. The van der Waals surface area contributed by atoms with Crippen molar-refractivity contribution in [2.24, 2.45) is 17.6 Å². The van der Waals surface area contributed by atoms with Crippen molar-refractivity contribution in [1.82, 2.24) is 4.90 Å². The third-order valence-corrected chi connectivity index (χ3v) is 8.47. The fourth-order valence-corrected chi connectivity index (χ4v) is 6.54. The molecule has 39 heavy (non-hydrogen) atoms. The first-order valence-corrected chi connectivity index (χ1v) is 12.8. The summed E-state index contributed by atoms with van der Waals surface area (Å²) in [4.78, 5) is 40.3. The van der Waals surface area contributed by atoms with Crippen molar-refractivity contribution in [2.45, 2.75) is 31.4 Å². The Morgan fingerprint density at radius 3 is 2.56 bits per heavy atom. The van der Waals surface area contributed by atoms with Crippen LogP contribution in [0.4, 0.5) is 0 Å². The van der Waals surface area contributed by atoms with E-state index in [9.17, 15) is 34.8 Å². The van der Waals surface area contributed by atoms with E-state index in [0.717, 1.165) is 11.1 Å². The molecular weight excluding hydrogens is 508 g/mol. The SMILES string of the molecule is NC(=O)C1=C(O)[C@@]2(O)C(=O)C3=C(O)c4c(O)c(CN5CCOCC5)cc(-c5ccoc5)c4C[C@H]3C[C@H]2CC1=O. The molecule has 1 aromatic carbocycles. The summed E-state index contributed by atoms with van der Waals surface area (Å²) in [7, 11) is 0. The second kappa shape index (κ2) is 9.08. The number of carbonyl (C=O) groups excluding carboxylic acids is 3. The van der Waals surface area contributed by atoms with E-state index in [1.54, 1.807) is 12.3 Å². The average molecular weight is 537 g/mol. The van der Waals surface area contributed by atoms with Crippen LogP contribution in [0.25, 0.3) is 16.9 Å². The molecule has 0 unspecified atom stereocenters. The number of furan rings is 1. The van der Waals surface area contributed by atoms with Gasteiger partial charge in [0.25, 0.3) is 5.91 Å². The van der Waals surface area contributed by atoms with Crippen LogP contribution in [0.1, 0.15) is 29.5 Å². The molecule has 2 heterocycles. The number of phenols is 1. The van der Waals surface area contributed by atoms with Crippen LogP contribution in [0.3, 0.4) is 0 Å². The molecular formula is C28H28N2O9. The largest absolute Gasteiger partial charge is 0.508 e. The van der Waals surface area contributed by atoms with Crippen LogP contribution in [0.2, 0.25) is 0 Å². The number of amides is 1. The number of ketones is 2. The Bertz CT molecular complexity index is 1470. The van der Waals surface area contributed by atoms with Gasteiger partial charge in [-0.3, -0.25) is 19.3 Å². The van der Waals surface area contributed by atoms with Gasteiger partial charge in [0.2, 0.25) is 5.78 Å². The van der Waals surface area contributed by atoms with Crippen molar-refractivity contribution < 1.29 is 44.0 Å². The van der Waals surface area contributed by atoms with E-state index >= 15 is 0 Å². The van der Waals surface area contributed by atoms with Gasteiger partial charge in [0, 0.05) is 48.7 Å². The van der Waals surface area contributed by atoms with Crippen molar-refractivity contribution in [2.75, 3.05) is 26.3 Å². The highest BCUT2D eigenvalue weighted by atomic mass is 16.5. The van der Waals surface area contributed by atoms with E-state index in [4.69, 9.17) is 14.9 Å². The summed E-state index contributed by atoms with van der Waals surface area (Å²) in [6.45, 7) is 2.79. The second-order valence-corrected chi connectivity index (χ2v) is 10.6. The summed E-state index contributed by atoms with van der Waals surface area (Å²) < 4.78 is 10.7. The number of rotatable bonds is 4. The van der Waals surface area contributed by atoms with Crippen LogP contribution < -0.4 is 5.73 Å². The third-order valence-electron chi connectivity index (χ3n) is 8.47. The quantitative estimate of drug-likeness (QED) is 0.359. The predicted molar refractivity (Wildman–Crippen MR) is 135 cm³/mol. The van der Waals surface area contributed by atoms with Gasteiger partial charge >= 0.3 is 0 Å². The Balaban J connectivity index is 1.52. The number of nitrogens with zero attached hydrogens (tertiary/aromatic N) is 1. The Labute approximate surface area is 222 Å². The highest BCUT2D eigenvalue weighted by Gasteiger charge is 2.60. The van der Waals surface area contributed by atoms with E-state index in [1.807, 2.05) is 6.07 Å². The van der Waals surface area contributed by atoms with Crippen LogP contribution >= 0.6 is 0 Å². The van der Waals surface area contributed by atoms with E-state index in [0.29, 0.717) is 44.0 Å². The summed E-state index contributed by atoms with van der Waals surface area (Å²) in [5.41, 5.74) is 4.34. The average Bonchev–Trinajstić information content (AvgIpc) is 3.43. The number of fused-ring (bicyclic) bond motifs is 3. The molecule has 1 saturated carbocycles. The number of aromatic hydroxyl groups is 1. The van der Waals surface area contributed by atoms with E-state index in [-0.39, 0.29) is 36.1 Å². The Morgan fingerprint density at radius 1 is 1.15 bits per heavy atom. The zero-order valence-electron chi connectivity index (χ0n) is 21.0. The molecule has 0 bridgehead atoms. The molecule has 3 aliphatic carbocycles. The van der Waals surface area contributed by atoms with Crippen molar-refractivity contribution in [1.29, 1.82) is 0 Å². The van der Waals surface area contributed by atoms with Gasteiger partial charge in [-0.2, -0.15) is 0 Å². The van der Waals surface area contributed by atoms with Gasteiger partial charge in [0.15, 0.2) is 11.4 Å². The minimum atomic E-state index is -2.59. The molecule has 11 heteroatoms. The van der Waals surface area contributed by atoms with Crippen molar-refractivity contribution >= 4 is 23.2 Å². The normalized spacial score (nSPS) is 27.3. The lowest BCUT2D eigenvalue weighted by atomic mass is 9.59. The summed E-state index contributed by atoms with van der Waals surface area (Å²) in [5.74, 6) is -6.42. The van der Waals surface area contributed by atoms with Gasteiger partial charge in [0.1, 0.15) is 22.8 Å². The lowest BCUT2D eigenvalue weighted by molar-refractivity contribution is -0.147. The molecule has 6 N–H and O–H groups in total. The maximum atomic E-state index is 13.8. The molecule has 1 saturated heterocycles. The number of aliphatic hydroxyl groups excluding tert-OH is 2. The van der Waals surface area contributed by atoms with Crippen LogP contribution in [-0.4, -0.2) is 74.7 Å². The Morgan fingerprint density at radius 2 is 1.90 bits per heavy atom. The number of phenolic OH excluding ortho intramolecular Hbond substituents is 1. The van der Waals surface area contributed by atoms with E-state index in [1.165, 1.54) is 6.26 Å². The predicted octanol–water partition coefficient (Wildman–Crippen LogP) is 1.52. The number of primary amides is 1. The third kappa shape index (κ3) is 3.72. The molecule has 2 fully saturated rings. The zero-order chi connectivity index (χ0) is 27.6. The Kier molecular flexibility index (Phi) is 5.90. The van der Waals surface area contributed by atoms with Crippen LogP contribution in [0.5, 0.6) is 5.75 Å². The molecule has 0 spiro atoms. The number of hydrogen-bond acceptors (Lipinski definition) is 10. The number of ether oxygens (including phenoxy) is 1. The lowest BCUT2D eigenvalue weighted by Gasteiger charge is -2.46. The molecule has 3 atom stereocenters. The monoisotopic (exact) mass is 536 g/mol. The van der Waals surface area contributed by atoms with E-state index in [2.05, 4.69) is 4.90 Å². The van der Waals surface area contributed by atoms with Crippen molar-refractivity contribution in [3.05, 3.63) is 58.3 Å². The number of benzene rings is 1. The van der Waals surface area contributed by atoms with Crippen LogP contribution in [-0.2, 0) is 32.1 Å². The minimum absolute atomic E-state index is 0.0732. The first-order chi connectivity index (χ1) is 18.6. The molecule has 11 nitrogen and oxygen atoms in total. The maximum absolute atomic E-state index is 13.8. The number of aliphatic hydroxyl groups is 3. The molecule has 1 aromatic heterocycles. The van der Waals surface area contributed by atoms with Crippen molar-refractivity contribution in [3.63, 3.8) is 0 Å². The molecule has 1 aliphatic heterocycles.